The van der Waals surface area contributed by atoms with Crippen molar-refractivity contribution >= 4 is 28.5 Å². The summed E-state index contributed by atoms with van der Waals surface area (Å²) in [5, 5.41) is 10.2. The maximum absolute atomic E-state index is 10.9. The zero-order chi connectivity index (χ0) is 14.8. The smallest absolute Gasteiger partial charge is 0.354 e. The minimum atomic E-state index is -1.05. The van der Waals surface area contributed by atoms with Crippen LogP contribution in [-0.4, -0.2) is 16.1 Å². The number of para-hydroxylation sites is 1. The molecule has 0 radical (unpaired) electrons. The van der Waals surface area contributed by atoms with Gasteiger partial charge in [0, 0.05) is 5.39 Å². The molecule has 0 aliphatic heterocycles. The van der Waals surface area contributed by atoms with E-state index in [9.17, 15) is 4.79 Å². The standard InChI is InChI=1S/C16H10ClNO3/c17-12-3-1-2-4-15(12)21-11-6-8-13-10(9-11)5-7-14(18-13)16(19)20/h1-9H,(H,19,20). The van der Waals surface area contributed by atoms with Gasteiger partial charge in [-0.1, -0.05) is 29.8 Å². The number of carbonyl (C=O) groups is 1. The van der Waals surface area contributed by atoms with Gasteiger partial charge in [-0.25, -0.2) is 9.78 Å². The summed E-state index contributed by atoms with van der Waals surface area (Å²) in [6, 6.07) is 15.6. The topological polar surface area (TPSA) is 59.4 Å². The molecule has 0 unspecified atom stereocenters. The molecule has 0 aliphatic carbocycles. The molecule has 3 rings (SSSR count). The lowest BCUT2D eigenvalue weighted by molar-refractivity contribution is 0.0691. The van der Waals surface area contributed by atoms with E-state index in [4.69, 9.17) is 21.4 Å². The number of nitrogens with zero attached hydrogens (tertiary/aromatic N) is 1. The van der Waals surface area contributed by atoms with Crippen molar-refractivity contribution in [2.75, 3.05) is 0 Å². The van der Waals surface area contributed by atoms with E-state index in [0.29, 0.717) is 22.0 Å². The molecule has 2 aromatic carbocycles. The molecule has 0 saturated heterocycles. The van der Waals surface area contributed by atoms with Crippen molar-refractivity contribution in [3.05, 3.63) is 65.3 Å². The Morgan fingerprint density at radius 3 is 2.67 bits per heavy atom. The molecule has 0 amide bonds. The molecule has 0 aliphatic rings. The molecule has 0 fully saturated rings. The maximum atomic E-state index is 10.9. The number of aromatic nitrogens is 1. The molecule has 21 heavy (non-hydrogen) atoms. The Balaban J connectivity index is 1.96. The molecule has 104 valence electrons. The summed E-state index contributed by atoms with van der Waals surface area (Å²) in [5.41, 5.74) is 0.615. The number of rotatable bonds is 3. The van der Waals surface area contributed by atoms with Crippen LogP contribution in [-0.2, 0) is 0 Å². The Labute approximate surface area is 125 Å². The van der Waals surface area contributed by atoms with Crippen molar-refractivity contribution in [1.29, 1.82) is 0 Å². The van der Waals surface area contributed by atoms with Crippen LogP contribution in [0.5, 0.6) is 11.5 Å². The second kappa shape index (κ2) is 5.42. The number of fused-ring (bicyclic) bond motifs is 1. The van der Waals surface area contributed by atoms with Crippen LogP contribution >= 0.6 is 11.6 Å². The molecule has 1 heterocycles. The highest BCUT2D eigenvalue weighted by molar-refractivity contribution is 6.32. The molecule has 1 N–H and O–H groups in total. The first kappa shape index (κ1) is 13.4. The minimum Gasteiger partial charge on any atom is -0.477 e. The first-order valence-corrected chi connectivity index (χ1v) is 6.58. The van der Waals surface area contributed by atoms with Crippen LogP contribution < -0.4 is 4.74 Å². The number of aromatic carboxylic acids is 1. The molecule has 3 aromatic rings. The third-order valence-corrected chi connectivity index (χ3v) is 3.26. The molecule has 4 nitrogen and oxygen atoms in total. The third kappa shape index (κ3) is 2.80. The van der Waals surface area contributed by atoms with E-state index in [1.54, 1.807) is 36.4 Å². The highest BCUT2D eigenvalue weighted by atomic mass is 35.5. The van der Waals surface area contributed by atoms with Gasteiger partial charge < -0.3 is 9.84 Å². The largest absolute Gasteiger partial charge is 0.477 e. The number of ether oxygens (including phenoxy) is 1. The molecule has 0 atom stereocenters. The first-order valence-electron chi connectivity index (χ1n) is 6.20. The van der Waals surface area contributed by atoms with Crippen LogP contribution in [0.2, 0.25) is 5.02 Å². The zero-order valence-electron chi connectivity index (χ0n) is 10.8. The summed E-state index contributed by atoms with van der Waals surface area (Å²) in [7, 11) is 0. The Kier molecular flexibility index (Phi) is 3.46. The van der Waals surface area contributed by atoms with Gasteiger partial charge in [0.05, 0.1) is 10.5 Å². The van der Waals surface area contributed by atoms with Gasteiger partial charge in [-0.3, -0.25) is 0 Å². The maximum Gasteiger partial charge on any atom is 0.354 e. The molecule has 0 spiro atoms. The minimum absolute atomic E-state index is 0.0160. The Morgan fingerprint density at radius 1 is 1.10 bits per heavy atom. The van der Waals surface area contributed by atoms with Gasteiger partial charge in [0.2, 0.25) is 0 Å². The molecule has 1 aromatic heterocycles. The Morgan fingerprint density at radius 2 is 1.90 bits per heavy atom. The fourth-order valence-corrected chi connectivity index (χ4v) is 2.12. The van der Waals surface area contributed by atoms with Gasteiger partial charge in [0.1, 0.15) is 17.2 Å². The van der Waals surface area contributed by atoms with E-state index in [1.165, 1.54) is 6.07 Å². The van der Waals surface area contributed by atoms with Crippen LogP contribution in [0.1, 0.15) is 10.5 Å². The number of halogens is 1. The molecular weight excluding hydrogens is 290 g/mol. The van der Waals surface area contributed by atoms with Crippen LogP contribution in [0.15, 0.2) is 54.6 Å². The van der Waals surface area contributed by atoms with Crippen molar-refractivity contribution in [3.8, 4) is 11.5 Å². The molecule has 5 heteroatoms. The average molecular weight is 300 g/mol. The Hall–Kier alpha value is -2.59. The molecular formula is C16H10ClNO3. The summed E-state index contributed by atoms with van der Waals surface area (Å²) in [4.78, 5) is 14.9. The van der Waals surface area contributed by atoms with E-state index in [-0.39, 0.29) is 5.69 Å². The predicted molar refractivity (Wildman–Crippen MR) is 80.2 cm³/mol. The monoisotopic (exact) mass is 299 g/mol. The van der Waals surface area contributed by atoms with E-state index in [2.05, 4.69) is 4.98 Å². The van der Waals surface area contributed by atoms with Crippen molar-refractivity contribution in [1.82, 2.24) is 4.98 Å². The van der Waals surface area contributed by atoms with E-state index < -0.39 is 5.97 Å². The van der Waals surface area contributed by atoms with Gasteiger partial charge >= 0.3 is 5.97 Å². The van der Waals surface area contributed by atoms with Crippen molar-refractivity contribution in [3.63, 3.8) is 0 Å². The SMILES string of the molecule is O=C(O)c1ccc2cc(Oc3ccccc3Cl)ccc2n1. The lowest BCUT2D eigenvalue weighted by atomic mass is 10.2. The average Bonchev–Trinajstić information content (AvgIpc) is 2.49. The summed E-state index contributed by atoms with van der Waals surface area (Å²) in [5.74, 6) is 0.127. The number of carboxylic acids is 1. The summed E-state index contributed by atoms with van der Waals surface area (Å²) < 4.78 is 5.72. The summed E-state index contributed by atoms with van der Waals surface area (Å²) in [6.07, 6.45) is 0. The summed E-state index contributed by atoms with van der Waals surface area (Å²) in [6.45, 7) is 0. The number of carboxylic acid groups (broad SMARTS) is 1. The van der Waals surface area contributed by atoms with E-state index in [1.807, 2.05) is 12.1 Å². The molecule has 0 saturated carbocycles. The van der Waals surface area contributed by atoms with Crippen LogP contribution in [0.3, 0.4) is 0 Å². The van der Waals surface area contributed by atoms with E-state index >= 15 is 0 Å². The lowest BCUT2D eigenvalue weighted by Gasteiger charge is -2.08. The number of hydrogen-bond acceptors (Lipinski definition) is 3. The van der Waals surface area contributed by atoms with Crippen molar-refractivity contribution < 1.29 is 14.6 Å². The lowest BCUT2D eigenvalue weighted by Crippen LogP contribution is -1.99. The van der Waals surface area contributed by atoms with Gasteiger partial charge in [-0.05, 0) is 36.4 Å². The summed E-state index contributed by atoms with van der Waals surface area (Å²) >= 11 is 6.05. The predicted octanol–water partition coefficient (Wildman–Crippen LogP) is 4.38. The fraction of sp³-hybridized carbons (Fsp3) is 0. The number of benzene rings is 2. The zero-order valence-corrected chi connectivity index (χ0v) is 11.5. The number of pyridine rings is 1. The number of hydrogen-bond donors (Lipinski definition) is 1. The van der Waals surface area contributed by atoms with Crippen LogP contribution in [0.4, 0.5) is 0 Å². The third-order valence-electron chi connectivity index (χ3n) is 2.94. The Bertz CT molecular complexity index is 833. The molecule has 0 bridgehead atoms. The highest BCUT2D eigenvalue weighted by Crippen LogP contribution is 2.30. The second-order valence-electron chi connectivity index (χ2n) is 4.39. The van der Waals surface area contributed by atoms with Gasteiger partial charge in [-0.15, -0.1) is 0 Å². The van der Waals surface area contributed by atoms with Gasteiger partial charge in [-0.2, -0.15) is 0 Å². The van der Waals surface area contributed by atoms with Gasteiger partial charge in [0.25, 0.3) is 0 Å². The normalized spacial score (nSPS) is 10.5. The first-order chi connectivity index (χ1) is 10.1. The van der Waals surface area contributed by atoms with Crippen molar-refractivity contribution in [2.24, 2.45) is 0 Å². The highest BCUT2D eigenvalue weighted by Gasteiger charge is 2.07. The van der Waals surface area contributed by atoms with Crippen LogP contribution in [0, 0.1) is 0 Å². The van der Waals surface area contributed by atoms with E-state index in [0.717, 1.165) is 5.39 Å². The second-order valence-corrected chi connectivity index (χ2v) is 4.80. The van der Waals surface area contributed by atoms with Crippen molar-refractivity contribution in [2.45, 2.75) is 0 Å². The fourth-order valence-electron chi connectivity index (χ4n) is 1.94. The van der Waals surface area contributed by atoms with Gasteiger partial charge in [0.15, 0.2) is 0 Å². The quantitative estimate of drug-likeness (QED) is 0.779. The van der Waals surface area contributed by atoms with Crippen LogP contribution in [0.25, 0.3) is 10.9 Å².